The lowest BCUT2D eigenvalue weighted by atomic mass is 9.90. The van der Waals surface area contributed by atoms with Crippen molar-refractivity contribution in [3.8, 4) is 17.0 Å². The monoisotopic (exact) mass is 555 g/mol. The molecule has 208 valence electrons. The van der Waals surface area contributed by atoms with Crippen LogP contribution < -0.4 is 20.1 Å². The first-order valence-electron chi connectivity index (χ1n) is 12.8. The number of rotatable bonds is 8. The van der Waals surface area contributed by atoms with E-state index < -0.39 is 21.7 Å². The van der Waals surface area contributed by atoms with Gasteiger partial charge in [0, 0.05) is 23.7 Å². The number of carbonyl (C=O) groups is 1. The van der Waals surface area contributed by atoms with Crippen LogP contribution in [0.3, 0.4) is 0 Å². The van der Waals surface area contributed by atoms with E-state index >= 15 is 0 Å². The van der Waals surface area contributed by atoms with Gasteiger partial charge in [-0.1, -0.05) is 26.8 Å². The van der Waals surface area contributed by atoms with Crippen LogP contribution in [0.1, 0.15) is 51.4 Å². The lowest BCUT2D eigenvalue weighted by Crippen LogP contribution is -2.43. The van der Waals surface area contributed by atoms with Gasteiger partial charge in [-0.25, -0.2) is 19.1 Å². The van der Waals surface area contributed by atoms with Gasteiger partial charge in [0.15, 0.2) is 5.03 Å². The third-order valence-corrected chi connectivity index (χ3v) is 8.29. The van der Waals surface area contributed by atoms with Crippen LogP contribution >= 0.6 is 0 Å². The maximum absolute atomic E-state index is 14.5. The molecule has 1 aliphatic rings. The molecule has 11 heteroatoms. The van der Waals surface area contributed by atoms with Gasteiger partial charge in [0.25, 0.3) is 15.9 Å². The van der Waals surface area contributed by atoms with Crippen molar-refractivity contribution in [1.29, 1.82) is 0 Å². The second kappa shape index (κ2) is 10.8. The van der Waals surface area contributed by atoms with Gasteiger partial charge >= 0.3 is 0 Å². The average molecular weight is 556 g/mol. The van der Waals surface area contributed by atoms with Crippen LogP contribution in [-0.2, 0) is 10.0 Å². The molecule has 4 rings (SSSR count). The Morgan fingerprint density at radius 2 is 1.95 bits per heavy atom. The fourth-order valence-electron chi connectivity index (χ4n) is 4.47. The molecule has 0 spiro atoms. The quantitative estimate of drug-likeness (QED) is 0.411. The van der Waals surface area contributed by atoms with Gasteiger partial charge in [-0.05, 0) is 68.5 Å². The van der Waals surface area contributed by atoms with E-state index in [1.165, 1.54) is 36.4 Å². The number of nitrogens with two attached hydrogens (primary N) is 1. The maximum atomic E-state index is 14.5. The van der Waals surface area contributed by atoms with E-state index in [-0.39, 0.29) is 33.8 Å². The maximum Gasteiger partial charge on any atom is 0.281 e. The zero-order chi connectivity index (χ0) is 28.5. The number of nitrogens with one attached hydrogen (secondary N) is 1. The third-order valence-electron chi connectivity index (χ3n) is 7.06. The van der Waals surface area contributed by atoms with Gasteiger partial charge in [0.2, 0.25) is 0 Å². The van der Waals surface area contributed by atoms with Crippen molar-refractivity contribution in [3.05, 3.63) is 59.9 Å². The molecule has 3 heterocycles. The van der Waals surface area contributed by atoms with Crippen molar-refractivity contribution >= 4 is 27.6 Å². The summed E-state index contributed by atoms with van der Waals surface area (Å²) in [6.45, 7) is 11.3. The van der Waals surface area contributed by atoms with Crippen molar-refractivity contribution in [3.63, 3.8) is 0 Å². The number of nitrogen functional groups attached to an aromatic ring is 1. The highest BCUT2D eigenvalue weighted by molar-refractivity contribution is 7.90. The van der Waals surface area contributed by atoms with Gasteiger partial charge in [-0.3, -0.25) is 4.79 Å². The van der Waals surface area contributed by atoms with Crippen LogP contribution in [-0.4, -0.2) is 43.0 Å². The number of amides is 1. The Bertz CT molecular complexity index is 1490. The van der Waals surface area contributed by atoms with Gasteiger partial charge in [0.05, 0.1) is 17.9 Å². The van der Waals surface area contributed by atoms with Crippen LogP contribution in [0.25, 0.3) is 11.3 Å². The number of halogens is 1. The molecule has 0 bridgehead atoms. The highest BCUT2D eigenvalue weighted by Gasteiger charge is 2.41. The number of anilines is 2. The van der Waals surface area contributed by atoms with Gasteiger partial charge < -0.3 is 15.4 Å². The SMILES string of the molecule is CC(C)COc1cc(F)cc(-c2ccc(C(=O)NS(=O)(=O)c3cccc(N)n3)c(N3CC[C@H](C)C3(C)C)n2)c1. The van der Waals surface area contributed by atoms with Crippen LogP contribution in [0.5, 0.6) is 5.75 Å². The zero-order valence-electron chi connectivity index (χ0n) is 22.7. The number of nitrogens with zero attached hydrogens (tertiary/aromatic N) is 3. The predicted octanol–water partition coefficient (Wildman–Crippen LogP) is 4.64. The fourth-order valence-corrected chi connectivity index (χ4v) is 5.41. The number of carbonyl (C=O) groups excluding carboxylic acids is 1. The van der Waals surface area contributed by atoms with Gasteiger partial charge in [-0.15, -0.1) is 0 Å². The van der Waals surface area contributed by atoms with Crippen LogP contribution in [0.2, 0.25) is 0 Å². The summed E-state index contributed by atoms with van der Waals surface area (Å²) in [6.07, 6.45) is 0.860. The van der Waals surface area contributed by atoms with Gasteiger partial charge in [-0.2, -0.15) is 8.42 Å². The Morgan fingerprint density at radius 1 is 1.21 bits per heavy atom. The molecule has 0 radical (unpaired) electrons. The molecule has 9 nitrogen and oxygen atoms in total. The molecule has 1 amide bonds. The number of pyridine rings is 2. The van der Waals surface area contributed by atoms with Crippen molar-refractivity contribution in [1.82, 2.24) is 14.7 Å². The molecular weight excluding hydrogens is 521 g/mol. The molecule has 1 fully saturated rings. The first kappa shape index (κ1) is 28.3. The van der Waals surface area contributed by atoms with Gasteiger partial charge in [0.1, 0.15) is 23.2 Å². The summed E-state index contributed by atoms with van der Waals surface area (Å²) < 4.78 is 48.2. The molecule has 0 saturated carbocycles. The van der Waals surface area contributed by atoms with Crippen molar-refractivity contribution in [2.75, 3.05) is 23.8 Å². The van der Waals surface area contributed by atoms with Crippen molar-refractivity contribution < 1.29 is 22.3 Å². The van der Waals surface area contributed by atoms with E-state index in [1.54, 1.807) is 12.1 Å². The zero-order valence-corrected chi connectivity index (χ0v) is 23.5. The van der Waals surface area contributed by atoms with Crippen LogP contribution in [0, 0.1) is 17.7 Å². The van der Waals surface area contributed by atoms with Crippen LogP contribution in [0.15, 0.2) is 53.6 Å². The molecule has 39 heavy (non-hydrogen) atoms. The summed E-state index contributed by atoms with van der Waals surface area (Å²) in [5, 5.41) is -0.370. The molecule has 1 atom stereocenters. The Balaban J connectivity index is 1.77. The second-order valence-electron chi connectivity index (χ2n) is 10.8. The summed E-state index contributed by atoms with van der Waals surface area (Å²) in [4.78, 5) is 24.0. The largest absolute Gasteiger partial charge is 0.493 e. The molecule has 3 N–H and O–H groups in total. The topological polar surface area (TPSA) is 128 Å². The van der Waals surface area contributed by atoms with E-state index in [2.05, 4.69) is 16.6 Å². The minimum Gasteiger partial charge on any atom is -0.493 e. The number of aromatic nitrogens is 2. The third kappa shape index (κ3) is 6.13. The van der Waals surface area contributed by atoms with E-state index in [1.807, 2.05) is 32.6 Å². The molecule has 1 aromatic carbocycles. The predicted molar refractivity (Wildman–Crippen MR) is 148 cm³/mol. The molecule has 0 unspecified atom stereocenters. The second-order valence-corrected chi connectivity index (χ2v) is 12.4. The fraction of sp³-hybridized carbons (Fsp3) is 0.393. The molecular formula is C28H34FN5O4S. The minimum absolute atomic E-state index is 0.0108. The summed E-state index contributed by atoms with van der Waals surface area (Å²) in [5.74, 6) is -0.0989. The Hall–Kier alpha value is -3.73. The number of hydrogen-bond acceptors (Lipinski definition) is 8. The number of hydrogen-bond donors (Lipinski definition) is 2. The van der Waals surface area contributed by atoms with E-state index in [9.17, 15) is 17.6 Å². The molecule has 1 aliphatic heterocycles. The number of sulfonamides is 1. The highest BCUT2D eigenvalue weighted by atomic mass is 32.2. The van der Waals surface area contributed by atoms with E-state index in [0.717, 1.165) is 6.42 Å². The van der Waals surface area contributed by atoms with E-state index in [0.29, 0.717) is 36.0 Å². The number of benzene rings is 1. The summed E-state index contributed by atoms with van der Waals surface area (Å²) >= 11 is 0. The summed E-state index contributed by atoms with van der Waals surface area (Å²) in [7, 11) is -4.30. The summed E-state index contributed by atoms with van der Waals surface area (Å²) in [5.41, 5.74) is 6.23. The first-order chi connectivity index (χ1) is 18.3. The Labute approximate surface area is 228 Å². The lowest BCUT2D eigenvalue weighted by Gasteiger charge is -2.36. The molecule has 2 aromatic heterocycles. The molecule has 0 aliphatic carbocycles. The standard InChI is InChI=1S/C28H34FN5O4S/c1-17(2)16-38-21-14-19(13-20(29)15-21)23-10-9-22(26(31-23)34-12-11-18(3)28(34,4)5)27(35)33-39(36,37)25-8-6-7-24(30)32-25/h6-10,13-15,17-18H,11-12,16H2,1-5H3,(H2,30,32)(H,33,35)/t18-/m0/s1. The molecule has 3 aromatic rings. The molecule has 1 saturated heterocycles. The van der Waals surface area contributed by atoms with Crippen molar-refractivity contribution in [2.24, 2.45) is 11.8 Å². The smallest absolute Gasteiger partial charge is 0.281 e. The lowest BCUT2D eigenvalue weighted by molar-refractivity contribution is 0.0981. The van der Waals surface area contributed by atoms with Crippen LogP contribution in [0.4, 0.5) is 16.0 Å². The first-order valence-corrected chi connectivity index (χ1v) is 14.3. The average Bonchev–Trinajstić information content (AvgIpc) is 3.13. The Morgan fingerprint density at radius 3 is 2.59 bits per heavy atom. The Kier molecular flexibility index (Phi) is 7.83. The van der Waals surface area contributed by atoms with E-state index in [4.69, 9.17) is 15.5 Å². The number of ether oxygens (including phenoxy) is 1. The normalized spacial score (nSPS) is 16.9. The van der Waals surface area contributed by atoms with Crippen molar-refractivity contribution in [2.45, 2.75) is 51.6 Å². The summed E-state index contributed by atoms with van der Waals surface area (Å²) in [6, 6.07) is 11.6. The highest BCUT2D eigenvalue weighted by Crippen LogP contribution is 2.39. The minimum atomic E-state index is -4.30.